The van der Waals surface area contributed by atoms with Crippen LogP contribution in [0, 0.1) is 0 Å². The summed E-state index contributed by atoms with van der Waals surface area (Å²) < 4.78 is 1.77. The number of aryl methyl sites for hydroxylation is 1. The Morgan fingerprint density at radius 2 is 2.05 bits per heavy atom. The third-order valence-corrected chi connectivity index (χ3v) is 3.12. The normalized spacial score (nSPS) is 10.5. The number of carbonyl (C=O) groups excluding carboxylic acids is 1. The lowest BCUT2D eigenvalue weighted by molar-refractivity contribution is 0.0756. The maximum Gasteiger partial charge on any atom is 0.274 e. The molecule has 1 aromatic carbocycles. The minimum Gasteiger partial charge on any atom is -0.340 e. The molecule has 0 aliphatic rings. The van der Waals surface area contributed by atoms with Crippen molar-refractivity contribution in [3.8, 4) is 0 Å². The van der Waals surface area contributed by atoms with Gasteiger partial charge in [-0.25, -0.2) is 4.98 Å². The highest BCUT2D eigenvalue weighted by molar-refractivity contribution is 5.92. The number of nitrogens with zero attached hydrogens (tertiary/aromatic N) is 3. The average molecular weight is 272 g/mol. The van der Waals surface area contributed by atoms with Crippen LogP contribution in [0.25, 0.3) is 0 Å². The Balaban J connectivity index is 2.01. The van der Waals surface area contributed by atoms with Gasteiger partial charge in [-0.1, -0.05) is 30.3 Å². The molecule has 0 unspecified atom stereocenters. The van der Waals surface area contributed by atoms with E-state index in [1.54, 1.807) is 22.0 Å². The molecular formula is C15H20N4O. The second kappa shape index (κ2) is 6.86. The summed E-state index contributed by atoms with van der Waals surface area (Å²) in [5, 5.41) is 0. The first-order chi connectivity index (χ1) is 9.70. The zero-order valence-electron chi connectivity index (χ0n) is 11.7. The zero-order valence-corrected chi connectivity index (χ0v) is 11.7. The number of hydrogen-bond donors (Lipinski definition) is 1. The lowest BCUT2D eigenvalue weighted by Gasteiger charge is -2.21. The summed E-state index contributed by atoms with van der Waals surface area (Å²) in [6.45, 7) is 1.65. The van der Waals surface area contributed by atoms with Gasteiger partial charge in [-0.3, -0.25) is 4.79 Å². The van der Waals surface area contributed by atoms with E-state index in [9.17, 15) is 4.79 Å². The molecule has 1 amide bonds. The molecule has 0 radical (unpaired) electrons. The van der Waals surface area contributed by atoms with Gasteiger partial charge in [-0.2, -0.15) is 0 Å². The largest absolute Gasteiger partial charge is 0.340 e. The van der Waals surface area contributed by atoms with Gasteiger partial charge in [0, 0.05) is 32.9 Å². The van der Waals surface area contributed by atoms with Crippen molar-refractivity contribution in [2.75, 3.05) is 19.6 Å². The molecule has 106 valence electrons. The first-order valence-electron chi connectivity index (χ1n) is 6.72. The molecule has 1 heterocycles. The van der Waals surface area contributed by atoms with Crippen molar-refractivity contribution >= 4 is 5.91 Å². The third kappa shape index (κ3) is 3.68. The Morgan fingerprint density at radius 3 is 2.65 bits per heavy atom. The van der Waals surface area contributed by atoms with Crippen LogP contribution < -0.4 is 5.73 Å². The van der Waals surface area contributed by atoms with Gasteiger partial charge in [0.25, 0.3) is 5.91 Å². The number of imidazole rings is 1. The van der Waals surface area contributed by atoms with E-state index in [-0.39, 0.29) is 5.91 Å². The summed E-state index contributed by atoms with van der Waals surface area (Å²) in [7, 11) is 1.85. The van der Waals surface area contributed by atoms with Crippen molar-refractivity contribution < 1.29 is 4.79 Å². The van der Waals surface area contributed by atoms with E-state index in [2.05, 4.69) is 17.1 Å². The van der Waals surface area contributed by atoms with Crippen LogP contribution in [0.3, 0.4) is 0 Å². The Labute approximate surface area is 119 Å². The van der Waals surface area contributed by atoms with E-state index < -0.39 is 0 Å². The standard InChI is InChI=1S/C15H20N4O/c1-18-11-14(17-12-18)15(20)19(10-8-16)9-7-13-5-3-2-4-6-13/h2-6,11-12H,7-10,16H2,1H3. The molecular weight excluding hydrogens is 252 g/mol. The van der Waals surface area contributed by atoms with Crippen molar-refractivity contribution in [3.05, 3.63) is 54.1 Å². The number of hydrogen-bond acceptors (Lipinski definition) is 3. The molecule has 0 saturated carbocycles. The molecule has 0 bridgehead atoms. The minimum absolute atomic E-state index is 0.0630. The average Bonchev–Trinajstić information content (AvgIpc) is 2.90. The molecule has 20 heavy (non-hydrogen) atoms. The predicted molar refractivity (Wildman–Crippen MR) is 78.3 cm³/mol. The van der Waals surface area contributed by atoms with E-state index in [4.69, 9.17) is 5.73 Å². The topological polar surface area (TPSA) is 64.2 Å². The number of nitrogens with two attached hydrogens (primary N) is 1. The van der Waals surface area contributed by atoms with E-state index >= 15 is 0 Å². The quantitative estimate of drug-likeness (QED) is 0.855. The molecule has 2 N–H and O–H groups in total. The Hall–Kier alpha value is -2.14. The van der Waals surface area contributed by atoms with E-state index in [0.717, 1.165) is 6.42 Å². The second-order valence-electron chi connectivity index (χ2n) is 4.74. The van der Waals surface area contributed by atoms with Crippen LogP contribution in [0.5, 0.6) is 0 Å². The molecule has 0 fully saturated rings. The molecule has 0 spiro atoms. The van der Waals surface area contributed by atoms with Gasteiger partial charge in [0.1, 0.15) is 5.69 Å². The van der Waals surface area contributed by atoms with Crippen LogP contribution in [0.15, 0.2) is 42.9 Å². The van der Waals surface area contributed by atoms with Gasteiger partial charge < -0.3 is 15.2 Å². The Kier molecular flexibility index (Phi) is 4.90. The van der Waals surface area contributed by atoms with Crippen LogP contribution in [0.2, 0.25) is 0 Å². The summed E-state index contributed by atoms with van der Waals surface area (Å²) in [5.41, 5.74) is 7.28. The van der Waals surface area contributed by atoms with E-state index in [1.807, 2.05) is 25.2 Å². The summed E-state index contributed by atoms with van der Waals surface area (Å²) in [5.74, 6) is -0.0630. The second-order valence-corrected chi connectivity index (χ2v) is 4.74. The highest BCUT2D eigenvalue weighted by atomic mass is 16.2. The fraction of sp³-hybridized carbons (Fsp3) is 0.333. The van der Waals surface area contributed by atoms with Crippen LogP contribution in [-0.4, -0.2) is 40.0 Å². The maximum atomic E-state index is 12.4. The van der Waals surface area contributed by atoms with E-state index in [0.29, 0.717) is 25.3 Å². The lowest BCUT2D eigenvalue weighted by atomic mass is 10.1. The molecule has 1 aromatic heterocycles. The van der Waals surface area contributed by atoms with Crippen LogP contribution in [-0.2, 0) is 13.5 Å². The van der Waals surface area contributed by atoms with Crippen molar-refractivity contribution in [1.29, 1.82) is 0 Å². The van der Waals surface area contributed by atoms with Crippen LogP contribution >= 0.6 is 0 Å². The van der Waals surface area contributed by atoms with Crippen molar-refractivity contribution in [2.24, 2.45) is 12.8 Å². The molecule has 0 aliphatic carbocycles. The number of amides is 1. The molecule has 5 nitrogen and oxygen atoms in total. The summed E-state index contributed by atoms with van der Waals surface area (Å²) in [4.78, 5) is 18.2. The first-order valence-corrected chi connectivity index (χ1v) is 6.72. The van der Waals surface area contributed by atoms with Gasteiger partial charge in [-0.15, -0.1) is 0 Å². The van der Waals surface area contributed by atoms with Gasteiger partial charge in [0.2, 0.25) is 0 Å². The fourth-order valence-electron chi connectivity index (χ4n) is 2.06. The van der Waals surface area contributed by atoms with Crippen molar-refractivity contribution in [1.82, 2.24) is 14.5 Å². The molecule has 5 heteroatoms. The summed E-state index contributed by atoms with van der Waals surface area (Å²) >= 11 is 0. The van der Waals surface area contributed by atoms with Gasteiger partial charge in [-0.05, 0) is 12.0 Å². The highest BCUT2D eigenvalue weighted by Gasteiger charge is 2.17. The Morgan fingerprint density at radius 1 is 1.30 bits per heavy atom. The number of aromatic nitrogens is 2. The Bertz CT molecular complexity index is 550. The molecule has 0 atom stereocenters. The molecule has 2 rings (SSSR count). The van der Waals surface area contributed by atoms with Gasteiger partial charge in [0.05, 0.1) is 6.33 Å². The number of carbonyl (C=O) groups is 1. The lowest BCUT2D eigenvalue weighted by Crippen LogP contribution is -2.37. The van der Waals surface area contributed by atoms with Crippen molar-refractivity contribution in [3.63, 3.8) is 0 Å². The summed E-state index contributed by atoms with van der Waals surface area (Å²) in [6, 6.07) is 10.1. The van der Waals surface area contributed by atoms with Crippen molar-refractivity contribution in [2.45, 2.75) is 6.42 Å². The van der Waals surface area contributed by atoms with Gasteiger partial charge in [0.15, 0.2) is 0 Å². The number of benzene rings is 1. The third-order valence-electron chi connectivity index (χ3n) is 3.12. The van der Waals surface area contributed by atoms with Crippen LogP contribution in [0.1, 0.15) is 16.1 Å². The maximum absolute atomic E-state index is 12.4. The first kappa shape index (κ1) is 14.3. The predicted octanol–water partition coefficient (Wildman–Crippen LogP) is 1.06. The van der Waals surface area contributed by atoms with Crippen LogP contribution in [0.4, 0.5) is 0 Å². The smallest absolute Gasteiger partial charge is 0.274 e. The number of rotatable bonds is 6. The summed E-state index contributed by atoms with van der Waals surface area (Å²) in [6.07, 6.45) is 4.18. The molecule has 0 aliphatic heterocycles. The molecule has 0 saturated heterocycles. The highest BCUT2D eigenvalue weighted by Crippen LogP contribution is 2.05. The molecule has 2 aromatic rings. The van der Waals surface area contributed by atoms with Gasteiger partial charge >= 0.3 is 0 Å². The van der Waals surface area contributed by atoms with E-state index in [1.165, 1.54) is 5.56 Å². The SMILES string of the molecule is Cn1cnc(C(=O)N(CCN)CCc2ccccc2)c1. The zero-order chi connectivity index (χ0) is 14.4. The monoisotopic (exact) mass is 272 g/mol. The minimum atomic E-state index is -0.0630. The fourth-order valence-corrected chi connectivity index (χ4v) is 2.06.